The van der Waals surface area contributed by atoms with E-state index >= 15 is 0 Å². The SMILES string of the molecule is CCC[C@@H]1CN(c2ncccc2F)C[C@H]1NS(=O)(=O)N1CCCC1. The van der Waals surface area contributed by atoms with E-state index in [1.807, 2.05) is 4.90 Å². The molecular weight excluding hydrogens is 331 g/mol. The van der Waals surface area contributed by atoms with Gasteiger partial charge in [0.1, 0.15) is 0 Å². The fourth-order valence-electron chi connectivity index (χ4n) is 3.65. The molecule has 2 atom stereocenters. The van der Waals surface area contributed by atoms with Gasteiger partial charge in [0.2, 0.25) is 0 Å². The second-order valence-corrected chi connectivity index (χ2v) is 8.30. The maximum atomic E-state index is 14.0. The monoisotopic (exact) mass is 356 g/mol. The van der Waals surface area contributed by atoms with E-state index in [2.05, 4.69) is 16.6 Å². The minimum Gasteiger partial charge on any atom is -0.352 e. The standard InChI is InChI=1S/C16H25FN4O2S/c1-2-6-13-11-20(16-14(17)7-5-8-18-16)12-15(13)19-24(22,23)21-9-3-4-10-21/h5,7-8,13,15,19H,2-4,6,9-12H2,1H3/t13-,15-/m1/s1. The quantitative estimate of drug-likeness (QED) is 0.843. The first-order chi connectivity index (χ1) is 11.5. The Balaban J connectivity index is 1.75. The summed E-state index contributed by atoms with van der Waals surface area (Å²) in [5.74, 6) is 0.103. The summed E-state index contributed by atoms with van der Waals surface area (Å²) in [5.41, 5.74) is 0. The average molecular weight is 356 g/mol. The van der Waals surface area contributed by atoms with Crippen molar-refractivity contribution in [3.05, 3.63) is 24.1 Å². The van der Waals surface area contributed by atoms with Gasteiger partial charge in [-0.05, 0) is 37.3 Å². The van der Waals surface area contributed by atoms with Crippen LogP contribution in [0, 0.1) is 11.7 Å². The lowest BCUT2D eigenvalue weighted by atomic mass is 9.99. The molecule has 0 saturated carbocycles. The number of hydrogen-bond acceptors (Lipinski definition) is 4. The van der Waals surface area contributed by atoms with E-state index in [0.717, 1.165) is 25.7 Å². The minimum absolute atomic E-state index is 0.161. The average Bonchev–Trinajstić information content (AvgIpc) is 3.19. The van der Waals surface area contributed by atoms with Crippen LogP contribution in [0.3, 0.4) is 0 Å². The maximum absolute atomic E-state index is 14.0. The number of pyridine rings is 1. The van der Waals surface area contributed by atoms with Crippen LogP contribution in [0.2, 0.25) is 0 Å². The van der Waals surface area contributed by atoms with Gasteiger partial charge in [-0.15, -0.1) is 0 Å². The Labute approximate surface area is 143 Å². The lowest BCUT2D eigenvalue weighted by Crippen LogP contribution is -2.47. The van der Waals surface area contributed by atoms with Gasteiger partial charge in [0, 0.05) is 38.4 Å². The van der Waals surface area contributed by atoms with Gasteiger partial charge >= 0.3 is 0 Å². The van der Waals surface area contributed by atoms with Gasteiger partial charge in [-0.25, -0.2) is 9.37 Å². The second kappa shape index (κ2) is 7.33. The molecule has 2 aliphatic rings. The molecular formula is C16H25FN4O2S. The van der Waals surface area contributed by atoms with Crippen LogP contribution in [0.5, 0.6) is 0 Å². The molecule has 24 heavy (non-hydrogen) atoms. The van der Waals surface area contributed by atoms with Gasteiger partial charge in [-0.1, -0.05) is 13.3 Å². The highest BCUT2D eigenvalue weighted by atomic mass is 32.2. The van der Waals surface area contributed by atoms with E-state index in [4.69, 9.17) is 0 Å². The summed E-state index contributed by atoms with van der Waals surface area (Å²) >= 11 is 0. The molecule has 134 valence electrons. The first-order valence-corrected chi connectivity index (χ1v) is 10.1. The third kappa shape index (κ3) is 3.70. The summed E-state index contributed by atoms with van der Waals surface area (Å²) in [7, 11) is -3.47. The molecule has 0 aromatic carbocycles. The zero-order valence-electron chi connectivity index (χ0n) is 14.0. The van der Waals surface area contributed by atoms with Gasteiger partial charge in [-0.2, -0.15) is 17.4 Å². The topological polar surface area (TPSA) is 65.5 Å². The van der Waals surface area contributed by atoms with Gasteiger partial charge in [0.25, 0.3) is 10.2 Å². The predicted molar refractivity (Wildman–Crippen MR) is 91.5 cm³/mol. The zero-order valence-corrected chi connectivity index (χ0v) is 14.8. The molecule has 1 aromatic rings. The maximum Gasteiger partial charge on any atom is 0.279 e. The summed E-state index contributed by atoms with van der Waals surface area (Å²) in [4.78, 5) is 5.98. The Hall–Kier alpha value is -1.25. The molecule has 0 radical (unpaired) electrons. The first kappa shape index (κ1) is 17.6. The van der Waals surface area contributed by atoms with Crippen molar-refractivity contribution in [1.82, 2.24) is 14.0 Å². The second-order valence-electron chi connectivity index (χ2n) is 6.60. The summed E-state index contributed by atoms with van der Waals surface area (Å²) in [6.45, 7) is 4.31. The molecule has 1 aromatic heterocycles. The van der Waals surface area contributed by atoms with Gasteiger partial charge < -0.3 is 4.90 Å². The minimum atomic E-state index is -3.47. The number of rotatable bonds is 6. The highest BCUT2D eigenvalue weighted by molar-refractivity contribution is 7.87. The van der Waals surface area contributed by atoms with Crippen LogP contribution in [0.25, 0.3) is 0 Å². The van der Waals surface area contributed by atoms with Crippen molar-refractivity contribution in [3.8, 4) is 0 Å². The predicted octanol–water partition coefficient (Wildman–Crippen LogP) is 1.76. The van der Waals surface area contributed by atoms with Crippen molar-refractivity contribution in [3.63, 3.8) is 0 Å². The fourth-order valence-corrected chi connectivity index (χ4v) is 5.18. The molecule has 3 rings (SSSR count). The summed E-state index contributed by atoms with van der Waals surface area (Å²) in [5, 5.41) is 0. The van der Waals surface area contributed by atoms with Crippen LogP contribution < -0.4 is 9.62 Å². The van der Waals surface area contributed by atoms with Crippen molar-refractivity contribution in [2.45, 2.75) is 38.6 Å². The first-order valence-electron chi connectivity index (χ1n) is 8.64. The largest absolute Gasteiger partial charge is 0.352 e. The molecule has 2 fully saturated rings. The van der Waals surface area contributed by atoms with E-state index in [1.54, 1.807) is 12.3 Å². The Morgan fingerprint density at radius 2 is 2.08 bits per heavy atom. The lowest BCUT2D eigenvalue weighted by molar-refractivity contribution is 0.412. The summed E-state index contributed by atoms with van der Waals surface area (Å²) < 4.78 is 43.5. The van der Waals surface area contributed by atoms with Crippen molar-refractivity contribution < 1.29 is 12.8 Å². The molecule has 2 aliphatic heterocycles. The van der Waals surface area contributed by atoms with Crippen molar-refractivity contribution >= 4 is 16.0 Å². The van der Waals surface area contributed by atoms with E-state index in [0.29, 0.717) is 32.0 Å². The van der Waals surface area contributed by atoms with Crippen molar-refractivity contribution in [2.75, 3.05) is 31.1 Å². The van der Waals surface area contributed by atoms with E-state index in [1.165, 1.54) is 10.4 Å². The van der Waals surface area contributed by atoms with Crippen LogP contribution in [-0.2, 0) is 10.2 Å². The third-order valence-corrected chi connectivity index (χ3v) is 6.49. The van der Waals surface area contributed by atoms with E-state index < -0.39 is 10.2 Å². The Morgan fingerprint density at radius 3 is 2.75 bits per heavy atom. The molecule has 3 heterocycles. The van der Waals surface area contributed by atoms with Crippen molar-refractivity contribution in [1.29, 1.82) is 0 Å². The van der Waals surface area contributed by atoms with Crippen LogP contribution in [0.4, 0.5) is 10.2 Å². The summed E-state index contributed by atoms with van der Waals surface area (Å²) in [6.07, 6.45) is 5.25. The molecule has 1 N–H and O–H groups in total. The Bertz CT molecular complexity index is 664. The third-order valence-electron chi connectivity index (χ3n) is 4.84. The van der Waals surface area contributed by atoms with Crippen LogP contribution in [-0.4, -0.2) is 49.9 Å². The van der Waals surface area contributed by atoms with Gasteiger partial charge in [0.05, 0.1) is 0 Å². The number of anilines is 1. The molecule has 0 aliphatic carbocycles. The Kier molecular flexibility index (Phi) is 5.36. The Morgan fingerprint density at radius 1 is 1.33 bits per heavy atom. The highest BCUT2D eigenvalue weighted by Gasteiger charge is 2.38. The molecule has 0 unspecified atom stereocenters. The van der Waals surface area contributed by atoms with Gasteiger partial charge in [-0.3, -0.25) is 0 Å². The lowest BCUT2D eigenvalue weighted by Gasteiger charge is -2.23. The van der Waals surface area contributed by atoms with Crippen LogP contribution >= 0.6 is 0 Å². The number of aromatic nitrogens is 1. The molecule has 0 bridgehead atoms. The molecule has 0 amide bonds. The van der Waals surface area contributed by atoms with Crippen LogP contribution in [0.15, 0.2) is 18.3 Å². The van der Waals surface area contributed by atoms with Crippen LogP contribution in [0.1, 0.15) is 32.6 Å². The highest BCUT2D eigenvalue weighted by Crippen LogP contribution is 2.28. The summed E-state index contributed by atoms with van der Waals surface area (Å²) in [6, 6.07) is 2.74. The molecule has 2 saturated heterocycles. The molecule has 6 nitrogen and oxygen atoms in total. The fraction of sp³-hybridized carbons (Fsp3) is 0.688. The van der Waals surface area contributed by atoms with Crippen molar-refractivity contribution in [2.24, 2.45) is 5.92 Å². The van der Waals surface area contributed by atoms with E-state index in [-0.39, 0.29) is 17.8 Å². The normalized spacial score (nSPS) is 25.5. The number of nitrogens with zero attached hydrogens (tertiary/aromatic N) is 3. The molecule has 8 heteroatoms. The number of hydrogen-bond donors (Lipinski definition) is 1. The number of halogens is 1. The zero-order chi connectivity index (χ0) is 17.2. The number of nitrogens with one attached hydrogen (secondary N) is 1. The smallest absolute Gasteiger partial charge is 0.279 e. The molecule has 0 spiro atoms. The van der Waals surface area contributed by atoms with E-state index in [9.17, 15) is 12.8 Å². The van der Waals surface area contributed by atoms with Gasteiger partial charge in [0.15, 0.2) is 11.6 Å².